The quantitative estimate of drug-likeness (QED) is 0.0617. The van der Waals surface area contributed by atoms with Crippen LogP contribution in [0, 0.1) is 23.5 Å². The van der Waals surface area contributed by atoms with E-state index >= 15 is 0 Å². The fraction of sp³-hybridized carbons (Fsp3) is 0.636. The summed E-state index contributed by atoms with van der Waals surface area (Å²) in [7, 11) is -6.57. The molecule has 2 saturated heterocycles. The number of amides is 6. The van der Waals surface area contributed by atoms with Gasteiger partial charge in [0.05, 0.1) is 29.6 Å². The molecule has 2 atom stereocenters. The smallest absolute Gasteiger partial charge is 0.324 e. The lowest BCUT2D eigenvalue weighted by Crippen LogP contribution is -2.29. The highest BCUT2D eigenvalue weighted by Gasteiger charge is 2.27. The lowest BCUT2D eigenvalue weighted by molar-refractivity contribution is -0.119. The molecule has 0 spiro atoms. The molecular formula is C44H63BrF2N4O10S2. The molecule has 0 radical (unpaired) electrons. The van der Waals surface area contributed by atoms with Gasteiger partial charge in [-0.2, -0.15) is 0 Å². The largest absolute Gasteiger partial charge is 0.505 e. The highest BCUT2D eigenvalue weighted by molar-refractivity contribution is 9.09. The number of hydrogen-bond donors (Lipinski definition) is 3. The fourth-order valence-corrected chi connectivity index (χ4v) is 11.5. The Hall–Kier alpha value is -3.84. The number of phenols is 1. The van der Waals surface area contributed by atoms with Gasteiger partial charge in [-0.1, -0.05) is 67.6 Å². The third-order valence-electron chi connectivity index (χ3n) is 11.7. The van der Waals surface area contributed by atoms with Gasteiger partial charge >= 0.3 is 12.1 Å². The summed E-state index contributed by atoms with van der Waals surface area (Å²) in [6.07, 6.45) is 11.3. The Labute approximate surface area is 379 Å². The van der Waals surface area contributed by atoms with Crippen LogP contribution in [0.2, 0.25) is 0 Å². The first-order valence-corrected chi connectivity index (χ1v) is 26.7. The molecule has 0 aromatic heterocycles. The molecule has 4 fully saturated rings. The van der Waals surface area contributed by atoms with E-state index in [2.05, 4.69) is 26.6 Å². The maximum absolute atomic E-state index is 14.0. The van der Waals surface area contributed by atoms with Crippen LogP contribution >= 0.6 is 15.9 Å². The number of benzene rings is 2. The van der Waals surface area contributed by atoms with Crippen molar-refractivity contribution in [1.29, 1.82) is 0 Å². The van der Waals surface area contributed by atoms with E-state index in [1.807, 2.05) is 6.92 Å². The molecule has 352 valence electrons. The summed E-state index contributed by atoms with van der Waals surface area (Å²) >= 11 is 3.43. The second-order valence-electron chi connectivity index (χ2n) is 17.2. The second kappa shape index (κ2) is 25.0. The molecule has 4 aliphatic rings. The van der Waals surface area contributed by atoms with E-state index in [1.54, 1.807) is 19.1 Å². The summed E-state index contributed by atoms with van der Waals surface area (Å²) in [6, 6.07) is 7.63. The van der Waals surface area contributed by atoms with Crippen LogP contribution in [-0.2, 0) is 29.3 Å². The summed E-state index contributed by atoms with van der Waals surface area (Å²) in [4.78, 5) is 47.9. The van der Waals surface area contributed by atoms with Gasteiger partial charge < -0.3 is 19.6 Å². The number of hydrogen-bond acceptors (Lipinski definition) is 10. The molecule has 3 N–H and O–H groups in total. The molecule has 19 heteroatoms. The van der Waals surface area contributed by atoms with E-state index in [0.717, 1.165) is 30.4 Å². The van der Waals surface area contributed by atoms with Crippen molar-refractivity contribution in [2.24, 2.45) is 11.8 Å². The maximum Gasteiger partial charge on any atom is 0.324 e. The predicted octanol–water partition coefficient (Wildman–Crippen LogP) is 7.20. The molecule has 63 heavy (non-hydrogen) atoms. The van der Waals surface area contributed by atoms with Gasteiger partial charge in [-0.3, -0.25) is 20.2 Å². The van der Waals surface area contributed by atoms with Gasteiger partial charge in [-0.05, 0) is 110 Å². The van der Waals surface area contributed by atoms with E-state index in [4.69, 9.17) is 4.74 Å². The molecule has 2 aromatic rings. The molecule has 6 amide bonds. The fourth-order valence-electron chi connectivity index (χ4n) is 7.34. The number of rotatable bonds is 22. The predicted molar refractivity (Wildman–Crippen MR) is 240 cm³/mol. The van der Waals surface area contributed by atoms with Crippen molar-refractivity contribution in [3.8, 4) is 11.5 Å². The minimum Gasteiger partial charge on any atom is -0.505 e. The molecule has 14 nitrogen and oxygen atoms in total. The average molecular weight is 990 g/mol. The summed E-state index contributed by atoms with van der Waals surface area (Å²) in [5.41, 5.74) is 1.32. The molecule has 0 unspecified atom stereocenters. The molecule has 2 heterocycles. The Morgan fingerprint density at radius 1 is 0.698 bits per heavy atom. The van der Waals surface area contributed by atoms with Gasteiger partial charge in [0.1, 0.15) is 13.1 Å². The van der Waals surface area contributed by atoms with Gasteiger partial charge in [0.15, 0.2) is 42.8 Å². The first-order valence-electron chi connectivity index (χ1n) is 21.9. The van der Waals surface area contributed by atoms with E-state index in [1.165, 1.54) is 59.0 Å². The lowest BCUT2D eigenvalue weighted by atomic mass is 9.86. The standard InChI is InChI=1S/C22H31FN2O5S.C17H23FN2O5S.C5H9Br/c1-16(18-8-9-19(23)20(12-18)30-14-17-6-5-7-17)15-31(28,29)11-4-2-3-10-25-13-21(26)24-22(25)27;1-12(13-5-6-14(18)15(21)9-13)11-26(24,25)8-4-2-3-7-20-10-16(22)19-17(20)23;6-4-5-2-1-3-5/h8-9,12,16-17H,2-7,10-11,13-15H2,1H3,(H,24,26,27);5-6,9,12,21H,2-4,7-8,10-11H2,1H3,(H,19,22,23);5H,1-4H2/t16-;12-;/m00./s1. The molecule has 6 rings (SSSR count). The van der Waals surface area contributed by atoms with Crippen molar-refractivity contribution in [3.05, 3.63) is 59.2 Å². The van der Waals surface area contributed by atoms with Gasteiger partial charge in [0.25, 0.3) is 0 Å². The number of sulfone groups is 2. The van der Waals surface area contributed by atoms with E-state index < -0.39 is 43.1 Å². The molecule has 0 bridgehead atoms. The zero-order chi connectivity index (χ0) is 46.2. The number of aromatic hydroxyl groups is 1. The number of ether oxygens (including phenoxy) is 1. The Kier molecular flexibility index (Phi) is 20.6. The van der Waals surface area contributed by atoms with Crippen LogP contribution in [0.25, 0.3) is 0 Å². The van der Waals surface area contributed by atoms with Crippen molar-refractivity contribution in [2.45, 2.75) is 103 Å². The van der Waals surface area contributed by atoms with Crippen LogP contribution in [-0.4, -0.2) is 117 Å². The number of carbonyl (C=O) groups is 4. The number of halogens is 3. The summed E-state index contributed by atoms with van der Waals surface area (Å²) in [5, 5.41) is 15.0. The van der Waals surface area contributed by atoms with Gasteiger partial charge in [-0.25, -0.2) is 35.2 Å². The Morgan fingerprint density at radius 3 is 1.54 bits per heavy atom. The van der Waals surface area contributed by atoms with Gasteiger partial charge in [0, 0.05) is 18.4 Å². The van der Waals surface area contributed by atoms with Crippen LogP contribution in [0.3, 0.4) is 0 Å². The Bertz CT molecular complexity index is 2080. The minimum atomic E-state index is -3.29. The van der Waals surface area contributed by atoms with Crippen LogP contribution in [0.5, 0.6) is 11.5 Å². The van der Waals surface area contributed by atoms with Crippen LogP contribution in [0.15, 0.2) is 36.4 Å². The maximum atomic E-state index is 14.0. The number of urea groups is 2. The van der Waals surface area contributed by atoms with Gasteiger partial charge in [0.2, 0.25) is 11.8 Å². The number of carbonyl (C=O) groups excluding carboxylic acids is 4. The average Bonchev–Trinajstić information content (AvgIpc) is 3.68. The third-order valence-corrected chi connectivity index (χ3v) is 16.5. The van der Waals surface area contributed by atoms with E-state index in [-0.39, 0.29) is 71.5 Å². The second-order valence-corrected chi connectivity index (χ2v) is 22.3. The topological polar surface area (TPSA) is 197 Å². The molecule has 2 aliphatic heterocycles. The van der Waals surface area contributed by atoms with Gasteiger partial charge in [-0.15, -0.1) is 0 Å². The normalized spacial score (nSPS) is 17.7. The first-order chi connectivity index (χ1) is 29.8. The third kappa shape index (κ3) is 17.9. The lowest BCUT2D eigenvalue weighted by Gasteiger charge is -2.25. The monoisotopic (exact) mass is 988 g/mol. The van der Waals surface area contributed by atoms with Crippen molar-refractivity contribution >= 4 is 59.5 Å². The van der Waals surface area contributed by atoms with Crippen LogP contribution in [0.1, 0.15) is 114 Å². The zero-order valence-electron chi connectivity index (χ0n) is 36.3. The number of phenolic OH excluding ortho intramolecular Hbond substituents is 1. The highest BCUT2D eigenvalue weighted by atomic mass is 79.9. The van der Waals surface area contributed by atoms with Crippen molar-refractivity contribution in [3.63, 3.8) is 0 Å². The number of alkyl halides is 1. The summed E-state index contributed by atoms with van der Waals surface area (Å²) < 4.78 is 82.2. The highest BCUT2D eigenvalue weighted by Crippen LogP contribution is 2.30. The van der Waals surface area contributed by atoms with Crippen LogP contribution in [0.4, 0.5) is 18.4 Å². The van der Waals surface area contributed by atoms with E-state index in [9.17, 15) is 49.9 Å². The summed E-state index contributed by atoms with van der Waals surface area (Å²) in [6.45, 7) is 5.02. The van der Waals surface area contributed by atoms with Crippen molar-refractivity contribution < 1.29 is 54.6 Å². The number of unbranched alkanes of at least 4 members (excludes halogenated alkanes) is 4. The molecule has 2 aliphatic carbocycles. The number of imide groups is 2. The van der Waals surface area contributed by atoms with Crippen LogP contribution < -0.4 is 15.4 Å². The van der Waals surface area contributed by atoms with Crippen molar-refractivity contribution in [1.82, 2.24) is 20.4 Å². The number of nitrogens with zero attached hydrogens (tertiary/aromatic N) is 2. The minimum absolute atomic E-state index is 0.0102. The van der Waals surface area contributed by atoms with E-state index in [0.29, 0.717) is 69.7 Å². The Morgan fingerprint density at radius 2 is 1.16 bits per heavy atom. The molecule has 2 aromatic carbocycles. The summed E-state index contributed by atoms with van der Waals surface area (Å²) in [5.74, 6) is -1.20. The Balaban J connectivity index is 0.000000246. The zero-order valence-corrected chi connectivity index (χ0v) is 39.5. The van der Waals surface area contributed by atoms with Crippen molar-refractivity contribution in [2.75, 3.05) is 61.1 Å². The molecular weight excluding hydrogens is 927 g/mol. The molecule has 2 saturated carbocycles. The first kappa shape index (κ1) is 51.8. The number of nitrogens with one attached hydrogen (secondary N) is 2. The SMILES string of the molecule is BrCC1CCC1.C[C@@H](CS(=O)(=O)CCCCCN1CC(=O)NC1=O)c1ccc(F)c(O)c1.C[C@@H](CS(=O)(=O)CCCCCN1CC(=O)NC1=O)c1ccc(F)c(OCC2CCC2)c1.